The number of rotatable bonds is 7. The lowest BCUT2D eigenvalue weighted by Gasteiger charge is -2.23. The Morgan fingerprint density at radius 3 is 2.83 bits per heavy atom. The first-order valence-corrected chi connectivity index (χ1v) is 8.27. The molecule has 0 bridgehead atoms. The Morgan fingerprint density at radius 2 is 2.21 bits per heavy atom. The fourth-order valence-electron chi connectivity index (χ4n) is 2.66. The van der Waals surface area contributed by atoms with Gasteiger partial charge in [-0.05, 0) is 18.2 Å². The molecule has 2 rings (SSSR count). The minimum Gasteiger partial charge on any atom is -0.480 e. The van der Waals surface area contributed by atoms with Crippen molar-refractivity contribution >= 4 is 39.4 Å². The zero-order valence-electron chi connectivity index (χ0n) is 13.3. The SMILES string of the molecule is COCCN(CC(=O)O)C(=O)C1CC(=O)N(c2cccc(Br)c2)C1. The van der Waals surface area contributed by atoms with Crippen molar-refractivity contribution in [2.75, 3.05) is 38.3 Å². The van der Waals surface area contributed by atoms with Crippen molar-refractivity contribution in [2.45, 2.75) is 6.42 Å². The van der Waals surface area contributed by atoms with E-state index in [2.05, 4.69) is 15.9 Å². The first-order chi connectivity index (χ1) is 11.4. The molecule has 1 aliphatic heterocycles. The second-order valence-corrected chi connectivity index (χ2v) is 6.45. The van der Waals surface area contributed by atoms with E-state index in [1.54, 1.807) is 11.0 Å². The molecular weight excluding hydrogens is 380 g/mol. The van der Waals surface area contributed by atoms with Gasteiger partial charge in [0.25, 0.3) is 0 Å². The second-order valence-electron chi connectivity index (χ2n) is 5.53. The Morgan fingerprint density at radius 1 is 1.46 bits per heavy atom. The molecule has 0 spiro atoms. The Labute approximate surface area is 148 Å². The number of anilines is 1. The molecule has 1 aromatic rings. The van der Waals surface area contributed by atoms with E-state index in [1.807, 2.05) is 18.2 Å². The first-order valence-electron chi connectivity index (χ1n) is 7.48. The summed E-state index contributed by atoms with van der Waals surface area (Å²) < 4.78 is 5.76. The highest BCUT2D eigenvalue weighted by Crippen LogP contribution is 2.28. The smallest absolute Gasteiger partial charge is 0.323 e. The number of carboxylic acid groups (broad SMARTS) is 1. The summed E-state index contributed by atoms with van der Waals surface area (Å²) in [4.78, 5) is 38.6. The van der Waals surface area contributed by atoms with Gasteiger partial charge in [0.1, 0.15) is 6.54 Å². The average molecular weight is 399 g/mol. The van der Waals surface area contributed by atoms with Gasteiger partial charge in [-0.3, -0.25) is 14.4 Å². The van der Waals surface area contributed by atoms with Gasteiger partial charge in [-0.1, -0.05) is 22.0 Å². The number of hydrogen-bond acceptors (Lipinski definition) is 4. The molecular formula is C16H19BrN2O5. The number of carboxylic acids is 1. The number of nitrogens with zero attached hydrogens (tertiary/aromatic N) is 2. The third kappa shape index (κ3) is 4.55. The lowest BCUT2D eigenvalue weighted by molar-refractivity contribution is -0.146. The van der Waals surface area contributed by atoms with Gasteiger partial charge in [-0.25, -0.2) is 0 Å². The maximum Gasteiger partial charge on any atom is 0.323 e. The van der Waals surface area contributed by atoms with Crippen LogP contribution in [0.3, 0.4) is 0 Å². The van der Waals surface area contributed by atoms with Crippen LogP contribution in [0.15, 0.2) is 28.7 Å². The highest BCUT2D eigenvalue weighted by molar-refractivity contribution is 9.10. The summed E-state index contributed by atoms with van der Waals surface area (Å²) in [6, 6.07) is 7.28. The Hall–Kier alpha value is -1.93. The van der Waals surface area contributed by atoms with Crippen molar-refractivity contribution in [1.29, 1.82) is 0 Å². The fourth-order valence-corrected chi connectivity index (χ4v) is 3.04. The van der Waals surface area contributed by atoms with Crippen LogP contribution in [0.4, 0.5) is 5.69 Å². The molecule has 1 aliphatic rings. The van der Waals surface area contributed by atoms with Crippen LogP contribution < -0.4 is 4.90 Å². The van der Waals surface area contributed by atoms with Crippen molar-refractivity contribution in [1.82, 2.24) is 4.90 Å². The third-order valence-electron chi connectivity index (χ3n) is 3.80. The Kier molecular flexibility index (Phi) is 6.33. The lowest BCUT2D eigenvalue weighted by atomic mass is 10.1. The molecule has 1 heterocycles. The van der Waals surface area contributed by atoms with Crippen LogP contribution in [0.5, 0.6) is 0 Å². The highest BCUT2D eigenvalue weighted by atomic mass is 79.9. The summed E-state index contributed by atoms with van der Waals surface area (Å²) in [7, 11) is 1.48. The Balaban J connectivity index is 2.10. The van der Waals surface area contributed by atoms with Crippen LogP contribution in [-0.4, -0.2) is 61.1 Å². The van der Waals surface area contributed by atoms with Crippen molar-refractivity contribution in [3.8, 4) is 0 Å². The summed E-state index contributed by atoms with van der Waals surface area (Å²) in [5.74, 6) is -2.12. The number of carbonyl (C=O) groups is 3. The van der Waals surface area contributed by atoms with Crippen molar-refractivity contribution in [3.05, 3.63) is 28.7 Å². The van der Waals surface area contributed by atoms with Crippen molar-refractivity contribution in [3.63, 3.8) is 0 Å². The molecule has 1 unspecified atom stereocenters. The minimum atomic E-state index is -1.09. The zero-order chi connectivity index (χ0) is 17.7. The highest BCUT2D eigenvalue weighted by Gasteiger charge is 2.37. The van der Waals surface area contributed by atoms with E-state index in [9.17, 15) is 14.4 Å². The number of carbonyl (C=O) groups excluding carboxylic acids is 2. The molecule has 7 nitrogen and oxygen atoms in total. The van der Waals surface area contributed by atoms with Gasteiger partial charge in [0, 0.05) is 36.8 Å². The summed E-state index contributed by atoms with van der Waals surface area (Å²) in [6.45, 7) is 0.277. The van der Waals surface area contributed by atoms with Crippen LogP contribution in [0, 0.1) is 5.92 Å². The number of ether oxygens (including phenoxy) is 1. The number of amides is 2. The summed E-state index contributed by atoms with van der Waals surface area (Å²) in [6.07, 6.45) is 0.0778. The molecule has 1 N–H and O–H groups in total. The molecule has 130 valence electrons. The average Bonchev–Trinajstić information content (AvgIpc) is 2.92. The van der Waals surface area contributed by atoms with Gasteiger partial charge in [-0.15, -0.1) is 0 Å². The summed E-state index contributed by atoms with van der Waals surface area (Å²) in [5, 5.41) is 8.97. The molecule has 24 heavy (non-hydrogen) atoms. The van der Waals surface area contributed by atoms with Gasteiger partial charge < -0.3 is 19.6 Å². The van der Waals surface area contributed by atoms with E-state index in [-0.39, 0.29) is 37.9 Å². The maximum atomic E-state index is 12.6. The largest absolute Gasteiger partial charge is 0.480 e. The molecule has 1 atom stereocenters. The van der Waals surface area contributed by atoms with Crippen LogP contribution in [0.25, 0.3) is 0 Å². The number of methoxy groups -OCH3 is 1. The van der Waals surface area contributed by atoms with Gasteiger partial charge in [0.15, 0.2) is 0 Å². The molecule has 0 radical (unpaired) electrons. The third-order valence-corrected chi connectivity index (χ3v) is 4.29. The van der Waals surface area contributed by atoms with Crippen LogP contribution >= 0.6 is 15.9 Å². The molecule has 0 saturated carbocycles. The molecule has 8 heteroatoms. The predicted molar refractivity (Wildman–Crippen MR) is 90.7 cm³/mol. The molecule has 0 aliphatic carbocycles. The van der Waals surface area contributed by atoms with Crippen LogP contribution in [0.2, 0.25) is 0 Å². The molecule has 2 amide bonds. The normalized spacial score (nSPS) is 17.2. The standard InChI is InChI=1S/C16H19BrN2O5/c1-24-6-5-18(10-15(21)22)16(23)11-7-14(20)19(9-11)13-4-2-3-12(17)8-13/h2-4,8,11H,5-7,9-10H2,1H3,(H,21,22). The number of halogens is 1. The van der Waals surface area contributed by atoms with Gasteiger partial charge in [0.05, 0.1) is 12.5 Å². The zero-order valence-corrected chi connectivity index (χ0v) is 14.9. The van der Waals surface area contributed by atoms with E-state index >= 15 is 0 Å². The molecule has 1 fully saturated rings. The first kappa shape index (κ1) is 18.4. The molecule has 1 aromatic carbocycles. The van der Waals surface area contributed by atoms with Crippen molar-refractivity contribution in [2.24, 2.45) is 5.92 Å². The molecule has 0 aromatic heterocycles. The number of aliphatic carboxylic acids is 1. The predicted octanol–water partition coefficient (Wildman–Crippen LogP) is 1.36. The van der Waals surface area contributed by atoms with E-state index in [0.29, 0.717) is 5.69 Å². The monoisotopic (exact) mass is 398 g/mol. The van der Waals surface area contributed by atoms with Crippen LogP contribution in [-0.2, 0) is 19.1 Å². The van der Waals surface area contributed by atoms with Crippen molar-refractivity contribution < 1.29 is 24.2 Å². The lowest BCUT2D eigenvalue weighted by Crippen LogP contribution is -2.42. The topological polar surface area (TPSA) is 87.1 Å². The van der Waals surface area contributed by atoms with E-state index in [4.69, 9.17) is 9.84 Å². The number of hydrogen-bond donors (Lipinski definition) is 1. The fraction of sp³-hybridized carbons (Fsp3) is 0.438. The van der Waals surface area contributed by atoms with Crippen LogP contribution in [0.1, 0.15) is 6.42 Å². The molecule has 1 saturated heterocycles. The quantitative estimate of drug-likeness (QED) is 0.748. The maximum absolute atomic E-state index is 12.6. The second kappa shape index (κ2) is 8.25. The van der Waals surface area contributed by atoms with Gasteiger partial charge in [-0.2, -0.15) is 0 Å². The Bertz CT molecular complexity index is 637. The van der Waals surface area contributed by atoms with E-state index < -0.39 is 18.4 Å². The van der Waals surface area contributed by atoms with E-state index in [0.717, 1.165) is 4.47 Å². The summed E-state index contributed by atoms with van der Waals surface area (Å²) >= 11 is 3.36. The minimum absolute atomic E-state index is 0.0778. The van der Waals surface area contributed by atoms with E-state index in [1.165, 1.54) is 12.0 Å². The van der Waals surface area contributed by atoms with Gasteiger partial charge >= 0.3 is 5.97 Å². The van der Waals surface area contributed by atoms with Gasteiger partial charge in [0.2, 0.25) is 11.8 Å². The number of benzene rings is 1. The summed E-state index contributed by atoms with van der Waals surface area (Å²) in [5.41, 5.74) is 0.714.